The van der Waals surface area contributed by atoms with Gasteiger partial charge in [0, 0.05) is 13.2 Å². The normalized spacial score (nSPS) is 14.7. The molecule has 0 spiro atoms. The van der Waals surface area contributed by atoms with Crippen molar-refractivity contribution in [2.45, 2.75) is 104 Å². The molecule has 3 heteroatoms. The fourth-order valence-corrected chi connectivity index (χ4v) is 6.79. The first-order valence-electron chi connectivity index (χ1n) is 18.2. The molecule has 0 aromatic heterocycles. The summed E-state index contributed by atoms with van der Waals surface area (Å²) < 4.78 is 4.94. The first kappa shape index (κ1) is 40.7. The van der Waals surface area contributed by atoms with Crippen molar-refractivity contribution in [2.24, 2.45) is 0 Å². The van der Waals surface area contributed by atoms with Gasteiger partial charge >= 0.3 is 26.2 Å². The third kappa shape index (κ3) is 14.7. The van der Waals surface area contributed by atoms with Gasteiger partial charge in [0.25, 0.3) is 0 Å². The summed E-state index contributed by atoms with van der Waals surface area (Å²) in [4.78, 5) is 0. The standard InChI is InChI=1S/C24H20B.C6H11.2C5H10.C4H8O.Zr/c1-5-13-21(14-6-1)25(22-15-7-2-8-16-22,23-17-9-3-10-18-23)24-19-11-4-12-20-24;1-4-5-6(2)3;3*1-2-4-5-3-1;/h1-20H;2H,4-5H2,1,3H3;2*1-5H2;1-4H2;/q2*-1;;;;+2. The summed E-state index contributed by atoms with van der Waals surface area (Å²) >= 11 is 0. The Kier molecular flexibility index (Phi) is 22.1. The topological polar surface area (TPSA) is 9.23 Å². The van der Waals surface area contributed by atoms with Gasteiger partial charge < -0.3 is 11.3 Å². The Labute approximate surface area is 307 Å². The molecule has 0 atom stereocenters. The Bertz CT molecular complexity index is 1070. The molecule has 0 bridgehead atoms. The molecule has 3 fully saturated rings. The van der Waals surface area contributed by atoms with Crippen LogP contribution in [0.1, 0.15) is 104 Å². The van der Waals surface area contributed by atoms with E-state index in [0.717, 1.165) is 25.2 Å². The van der Waals surface area contributed by atoms with Crippen molar-refractivity contribution in [3.05, 3.63) is 133 Å². The van der Waals surface area contributed by atoms with E-state index in [2.05, 4.69) is 128 Å². The summed E-state index contributed by atoms with van der Waals surface area (Å²) in [6.07, 6.45) is 18.6. The maximum atomic E-state index is 5.32. The smallest absolute Gasteiger partial charge is 0.515 e. The van der Waals surface area contributed by atoms with Crippen LogP contribution < -0.4 is 21.9 Å². The van der Waals surface area contributed by atoms with Crippen LogP contribution in [0.2, 0.25) is 0 Å². The molecule has 0 N–H and O–H groups in total. The number of hydrogen-bond donors (Lipinski definition) is 0. The summed E-state index contributed by atoms with van der Waals surface area (Å²) in [6.45, 7) is 11.4. The van der Waals surface area contributed by atoms with Gasteiger partial charge in [-0.3, -0.25) is 5.57 Å². The Morgan fingerprint density at radius 1 is 0.489 bits per heavy atom. The average Bonchev–Trinajstić information content (AvgIpc) is 3.95. The molecule has 4 aromatic rings. The van der Waals surface area contributed by atoms with Crippen LogP contribution in [0, 0.1) is 6.58 Å². The van der Waals surface area contributed by atoms with E-state index in [4.69, 9.17) is 11.3 Å². The van der Waals surface area contributed by atoms with Crippen LogP contribution in [0.25, 0.3) is 0 Å². The zero-order valence-electron chi connectivity index (χ0n) is 29.4. The van der Waals surface area contributed by atoms with Gasteiger partial charge in [-0.05, 0) is 12.8 Å². The minimum atomic E-state index is -1.22. The van der Waals surface area contributed by atoms with E-state index in [0.29, 0.717) is 0 Å². The van der Waals surface area contributed by atoms with Crippen LogP contribution in [0.15, 0.2) is 127 Å². The predicted octanol–water partition coefficient (Wildman–Crippen LogP) is 9.93. The van der Waals surface area contributed by atoms with Crippen LogP contribution >= 0.6 is 0 Å². The molecule has 4 aromatic carbocycles. The van der Waals surface area contributed by atoms with E-state index in [-0.39, 0.29) is 26.2 Å². The molecule has 0 amide bonds. The number of benzene rings is 4. The van der Waals surface area contributed by atoms with Crippen LogP contribution in [-0.2, 0) is 30.9 Å². The Balaban J connectivity index is 0.000000280. The molecule has 1 nitrogen and oxygen atoms in total. The minimum Gasteiger partial charge on any atom is -0.515 e. The van der Waals surface area contributed by atoms with Crippen LogP contribution in [0.5, 0.6) is 0 Å². The summed E-state index contributed by atoms with van der Waals surface area (Å²) in [5.74, 6) is 0. The molecule has 248 valence electrons. The monoisotopic (exact) mass is 704 g/mol. The van der Waals surface area contributed by atoms with Crippen LogP contribution in [0.3, 0.4) is 0 Å². The van der Waals surface area contributed by atoms with Gasteiger partial charge in [-0.1, -0.05) is 212 Å². The minimum absolute atomic E-state index is 0. The predicted molar refractivity (Wildman–Crippen MR) is 205 cm³/mol. The second kappa shape index (κ2) is 25.5. The summed E-state index contributed by atoms with van der Waals surface area (Å²) in [7, 11) is 0. The molecule has 7 rings (SSSR count). The Morgan fingerprint density at radius 3 is 0.894 bits per heavy atom. The van der Waals surface area contributed by atoms with Crippen molar-refractivity contribution in [3.8, 4) is 0 Å². The molecule has 2 aliphatic carbocycles. The number of rotatable bonds is 6. The second-order valence-corrected chi connectivity index (χ2v) is 13.0. The molecule has 1 saturated heterocycles. The quantitative estimate of drug-likeness (QED) is 0.143. The molecule has 1 aliphatic heterocycles. The van der Waals surface area contributed by atoms with Gasteiger partial charge in [0.2, 0.25) is 0 Å². The fourth-order valence-electron chi connectivity index (χ4n) is 6.79. The maximum Gasteiger partial charge on any atom is 2.00 e. The van der Waals surface area contributed by atoms with Crippen molar-refractivity contribution in [1.29, 1.82) is 0 Å². The molecule has 2 saturated carbocycles. The Hall–Kier alpha value is -2.47. The van der Waals surface area contributed by atoms with Gasteiger partial charge in [-0.15, -0.1) is 0 Å². The molecule has 3 aliphatic rings. The Morgan fingerprint density at radius 2 is 0.745 bits per heavy atom. The molecule has 0 radical (unpaired) electrons. The van der Waals surface area contributed by atoms with Crippen molar-refractivity contribution in [1.82, 2.24) is 0 Å². The second-order valence-electron chi connectivity index (χ2n) is 13.0. The van der Waals surface area contributed by atoms with E-state index in [1.54, 1.807) is 0 Å². The SMILES string of the molecule is C1CCCC1.C1CCCC1.C1CCOC1.[CH-]=C(C)CCC.[Zr+2].c1ccc([B-](c2ccccc2)(c2ccccc2)c2ccccc2)cc1. The maximum absolute atomic E-state index is 5.32. The first-order valence-corrected chi connectivity index (χ1v) is 18.2. The van der Waals surface area contributed by atoms with Gasteiger partial charge in [0.15, 0.2) is 0 Å². The molecular formula is C44H59BOZr. The summed E-state index contributed by atoms with van der Waals surface area (Å²) in [5.41, 5.74) is 6.40. The molecular weight excluding hydrogens is 647 g/mol. The zero-order valence-corrected chi connectivity index (χ0v) is 31.9. The zero-order chi connectivity index (χ0) is 32.5. The summed E-state index contributed by atoms with van der Waals surface area (Å²) in [6, 6.07) is 43.5. The number of allylic oxidation sites excluding steroid dienone is 1. The third-order valence-corrected chi connectivity index (χ3v) is 9.17. The van der Waals surface area contributed by atoms with Gasteiger partial charge in [-0.25, -0.2) is 0 Å². The molecule has 0 unspecified atom stereocenters. The van der Waals surface area contributed by atoms with Crippen molar-refractivity contribution in [3.63, 3.8) is 0 Å². The molecule has 1 heterocycles. The average molecular weight is 706 g/mol. The first-order chi connectivity index (χ1) is 22.7. The van der Waals surface area contributed by atoms with E-state index in [9.17, 15) is 0 Å². The summed E-state index contributed by atoms with van der Waals surface area (Å²) in [5, 5.41) is 0. The van der Waals surface area contributed by atoms with Gasteiger partial charge in [0.1, 0.15) is 6.15 Å². The largest absolute Gasteiger partial charge is 2.00 e. The van der Waals surface area contributed by atoms with Crippen molar-refractivity contribution < 1.29 is 30.9 Å². The van der Waals surface area contributed by atoms with Crippen LogP contribution in [-0.4, -0.2) is 19.4 Å². The van der Waals surface area contributed by atoms with Crippen LogP contribution in [0.4, 0.5) is 0 Å². The van der Waals surface area contributed by atoms with E-state index in [1.807, 2.05) is 6.92 Å². The number of ether oxygens (including phenoxy) is 1. The van der Waals surface area contributed by atoms with Gasteiger partial charge in [0.05, 0.1) is 0 Å². The van der Waals surface area contributed by atoms with E-state index < -0.39 is 6.15 Å². The van der Waals surface area contributed by atoms with E-state index >= 15 is 0 Å². The molecule has 47 heavy (non-hydrogen) atoms. The van der Waals surface area contributed by atoms with Crippen molar-refractivity contribution in [2.75, 3.05) is 13.2 Å². The van der Waals surface area contributed by atoms with Crippen molar-refractivity contribution >= 4 is 28.0 Å². The third-order valence-electron chi connectivity index (χ3n) is 9.17. The number of hydrogen-bond acceptors (Lipinski definition) is 1. The fraction of sp³-hybridized carbons (Fsp3) is 0.409. The van der Waals surface area contributed by atoms with Gasteiger partial charge in [-0.2, -0.15) is 21.9 Å². The van der Waals surface area contributed by atoms with E-state index in [1.165, 1.54) is 105 Å².